The van der Waals surface area contributed by atoms with Gasteiger partial charge in [-0.25, -0.2) is 0 Å². The van der Waals surface area contributed by atoms with E-state index in [9.17, 15) is 18.0 Å². The summed E-state index contributed by atoms with van der Waals surface area (Å²) in [7, 11) is 0. The van der Waals surface area contributed by atoms with Crippen molar-refractivity contribution in [1.82, 2.24) is 4.98 Å². The second kappa shape index (κ2) is 4.76. The minimum atomic E-state index is -4.43. The molecule has 114 valence electrons. The van der Waals surface area contributed by atoms with E-state index in [1.54, 1.807) is 6.08 Å². The molecule has 6 heteroatoms. The fraction of sp³-hybridized carbons (Fsp3) is 0.188. The molecule has 1 aliphatic heterocycles. The van der Waals surface area contributed by atoms with Crippen LogP contribution in [0.2, 0.25) is 0 Å². The van der Waals surface area contributed by atoms with Crippen LogP contribution in [-0.2, 0) is 11.0 Å². The SMILES string of the molecule is Cc1cc(/C=C2/C(=O)Nc3cc(C(F)(F)F)ccc32)c(C)[nH]1. The fourth-order valence-corrected chi connectivity index (χ4v) is 2.57. The molecule has 0 aliphatic carbocycles. The number of aromatic nitrogens is 1. The maximum Gasteiger partial charge on any atom is 0.416 e. The van der Waals surface area contributed by atoms with Gasteiger partial charge in [0.2, 0.25) is 0 Å². The Bertz CT molecular complexity index is 800. The van der Waals surface area contributed by atoms with E-state index in [2.05, 4.69) is 10.3 Å². The molecule has 1 aliphatic rings. The van der Waals surface area contributed by atoms with Gasteiger partial charge < -0.3 is 10.3 Å². The molecule has 0 fully saturated rings. The molecule has 0 saturated heterocycles. The lowest BCUT2D eigenvalue weighted by Crippen LogP contribution is -2.06. The van der Waals surface area contributed by atoms with Crippen LogP contribution in [0.25, 0.3) is 11.6 Å². The van der Waals surface area contributed by atoms with Crippen molar-refractivity contribution in [3.8, 4) is 0 Å². The molecule has 2 N–H and O–H groups in total. The number of hydrogen-bond donors (Lipinski definition) is 2. The zero-order valence-electron chi connectivity index (χ0n) is 11.9. The number of hydrogen-bond acceptors (Lipinski definition) is 1. The van der Waals surface area contributed by atoms with Crippen LogP contribution < -0.4 is 5.32 Å². The van der Waals surface area contributed by atoms with E-state index < -0.39 is 17.6 Å². The molecule has 1 amide bonds. The van der Waals surface area contributed by atoms with E-state index in [-0.39, 0.29) is 5.69 Å². The Hall–Kier alpha value is -2.50. The highest BCUT2D eigenvalue weighted by Crippen LogP contribution is 2.38. The molecular formula is C16H13F3N2O. The third-order valence-electron chi connectivity index (χ3n) is 3.62. The van der Waals surface area contributed by atoms with Crippen LogP contribution in [0, 0.1) is 13.8 Å². The Balaban J connectivity index is 2.07. The summed E-state index contributed by atoms with van der Waals surface area (Å²) in [5.41, 5.74) is 2.96. The molecule has 0 atom stereocenters. The van der Waals surface area contributed by atoms with Crippen molar-refractivity contribution >= 4 is 23.2 Å². The lowest BCUT2D eigenvalue weighted by atomic mass is 10.0. The summed E-state index contributed by atoms with van der Waals surface area (Å²) in [6, 6.07) is 5.17. The number of carbonyl (C=O) groups excluding carboxylic acids is 1. The van der Waals surface area contributed by atoms with Gasteiger partial charge in [-0.15, -0.1) is 0 Å². The Morgan fingerprint density at radius 1 is 1.14 bits per heavy atom. The van der Waals surface area contributed by atoms with Gasteiger partial charge in [-0.2, -0.15) is 13.2 Å². The fourth-order valence-electron chi connectivity index (χ4n) is 2.57. The molecule has 0 saturated carbocycles. The first-order valence-corrected chi connectivity index (χ1v) is 6.66. The van der Waals surface area contributed by atoms with E-state index in [0.717, 1.165) is 29.1 Å². The number of anilines is 1. The van der Waals surface area contributed by atoms with Gasteiger partial charge in [0.25, 0.3) is 5.91 Å². The summed E-state index contributed by atoms with van der Waals surface area (Å²) in [4.78, 5) is 15.2. The molecule has 1 aromatic heterocycles. The van der Waals surface area contributed by atoms with Gasteiger partial charge in [-0.1, -0.05) is 6.07 Å². The van der Waals surface area contributed by atoms with E-state index in [1.165, 1.54) is 6.07 Å². The molecule has 0 unspecified atom stereocenters. The van der Waals surface area contributed by atoms with Gasteiger partial charge in [-0.05, 0) is 43.7 Å². The highest BCUT2D eigenvalue weighted by molar-refractivity contribution is 6.35. The average Bonchev–Trinajstić information content (AvgIpc) is 2.89. The highest BCUT2D eigenvalue weighted by atomic mass is 19.4. The summed E-state index contributed by atoms with van der Waals surface area (Å²) in [6.45, 7) is 3.77. The molecule has 0 bridgehead atoms. The quantitative estimate of drug-likeness (QED) is 0.764. The van der Waals surface area contributed by atoms with Crippen molar-refractivity contribution in [1.29, 1.82) is 0 Å². The number of nitrogens with one attached hydrogen (secondary N) is 2. The molecule has 22 heavy (non-hydrogen) atoms. The zero-order chi connectivity index (χ0) is 16.1. The largest absolute Gasteiger partial charge is 0.416 e. The van der Waals surface area contributed by atoms with Crippen molar-refractivity contribution < 1.29 is 18.0 Å². The van der Waals surface area contributed by atoms with Crippen molar-refractivity contribution in [3.05, 3.63) is 52.3 Å². The summed E-state index contributed by atoms with van der Waals surface area (Å²) in [5, 5.41) is 2.49. The van der Waals surface area contributed by atoms with E-state index in [1.807, 2.05) is 19.9 Å². The molecule has 2 heterocycles. The molecular weight excluding hydrogens is 293 g/mol. The normalized spacial score (nSPS) is 16.0. The minimum absolute atomic E-state index is 0.191. The van der Waals surface area contributed by atoms with Crippen LogP contribution in [-0.4, -0.2) is 10.9 Å². The summed E-state index contributed by atoms with van der Waals surface area (Å²) in [6.07, 6.45) is -2.74. The monoisotopic (exact) mass is 306 g/mol. The van der Waals surface area contributed by atoms with Crippen LogP contribution >= 0.6 is 0 Å². The number of fused-ring (bicyclic) bond motifs is 1. The first-order chi connectivity index (χ1) is 10.3. The number of carbonyl (C=O) groups is 1. The maximum atomic E-state index is 12.7. The molecule has 2 aromatic rings. The van der Waals surface area contributed by atoms with Crippen LogP contribution in [0.1, 0.15) is 28.1 Å². The standard InChI is InChI=1S/C16H13F3N2O/c1-8-5-10(9(2)20-8)6-13-12-4-3-11(16(17,18)19)7-14(12)21-15(13)22/h3-7,20H,1-2H3,(H,21,22)/b13-6+. The summed E-state index contributed by atoms with van der Waals surface area (Å²) < 4.78 is 38.2. The predicted octanol–water partition coefficient (Wildman–Crippen LogP) is 4.14. The lowest BCUT2D eigenvalue weighted by Gasteiger charge is -2.08. The van der Waals surface area contributed by atoms with Crippen LogP contribution in [0.4, 0.5) is 18.9 Å². The van der Waals surface area contributed by atoms with Crippen molar-refractivity contribution in [2.75, 3.05) is 5.32 Å². The number of aryl methyl sites for hydroxylation is 2. The Labute approximate surface area is 124 Å². The van der Waals surface area contributed by atoms with Crippen LogP contribution in [0.3, 0.4) is 0 Å². The molecule has 0 radical (unpaired) electrons. The number of halogens is 3. The van der Waals surface area contributed by atoms with Crippen molar-refractivity contribution in [2.24, 2.45) is 0 Å². The Kier molecular flexibility index (Phi) is 3.12. The van der Waals surface area contributed by atoms with Crippen molar-refractivity contribution in [2.45, 2.75) is 20.0 Å². The first kappa shape index (κ1) is 14.4. The number of amides is 1. The third-order valence-corrected chi connectivity index (χ3v) is 3.62. The number of rotatable bonds is 1. The van der Waals surface area contributed by atoms with Crippen LogP contribution in [0.5, 0.6) is 0 Å². The molecule has 1 aromatic carbocycles. The maximum absolute atomic E-state index is 12.7. The number of alkyl halides is 3. The third kappa shape index (κ3) is 2.41. The highest BCUT2D eigenvalue weighted by Gasteiger charge is 2.33. The summed E-state index contributed by atoms with van der Waals surface area (Å²) >= 11 is 0. The van der Waals surface area contributed by atoms with Gasteiger partial charge in [0.05, 0.1) is 5.56 Å². The topological polar surface area (TPSA) is 44.9 Å². The molecule has 3 rings (SSSR count). The predicted molar refractivity (Wildman–Crippen MR) is 78.2 cm³/mol. The van der Waals surface area contributed by atoms with E-state index >= 15 is 0 Å². The van der Waals surface area contributed by atoms with E-state index in [0.29, 0.717) is 11.1 Å². The number of aromatic amines is 1. The summed E-state index contributed by atoms with van der Waals surface area (Å²) in [5.74, 6) is -0.396. The van der Waals surface area contributed by atoms with Crippen molar-refractivity contribution in [3.63, 3.8) is 0 Å². The van der Waals surface area contributed by atoms with Gasteiger partial charge in [-0.3, -0.25) is 4.79 Å². The Morgan fingerprint density at radius 2 is 1.86 bits per heavy atom. The minimum Gasteiger partial charge on any atom is -0.362 e. The average molecular weight is 306 g/mol. The zero-order valence-corrected chi connectivity index (χ0v) is 11.9. The second-order valence-corrected chi connectivity index (χ2v) is 5.30. The van der Waals surface area contributed by atoms with E-state index in [4.69, 9.17) is 0 Å². The van der Waals surface area contributed by atoms with Gasteiger partial charge in [0.1, 0.15) is 0 Å². The second-order valence-electron chi connectivity index (χ2n) is 5.30. The number of benzene rings is 1. The molecule has 3 nitrogen and oxygen atoms in total. The van der Waals surface area contributed by atoms with Crippen LogP contribution in [0.15, 0.2) is 24.3 Å². The number of H-pyrrole nitrogens is 1. The van der Waals surface area contributed by atoms with Gasteiger partial charge >= 0.3 is 6.18 Å². The Morgan fingerprint density at radius 3 is 2.45 bits per heavy atom. The van der Waals surface area contributed by atoms with Gasteiger partial charge in [0, 0.05) is 28.2 Å². The van der Waals surface area contributed by atoms with Gasteiger partial charge in [0.15, 0.2) is 0 Å². The molecule has 0 spiro atoms. The lowest BCUT2D eigenvalue weighted by molar-refractivity contribution is -0.137. The smallest absolute Gasteiger partial charge is 0.362 e. The first-order valence-electron chi connectivity index (χ1n) is 6.66.